The highest BCUT2D eigenvalue weighted by molar-refractivity contribution is 5.75. The molecule has 35 heavy (non-hydrogen) atoms. The molecule has 0 heterocycles. The standard InChI is InChI=1S/C26H54N2O7/c1-4-25(2)35-14-10-8-6-5-7-9-11-26(29)28-13-16-31-18-20-33-22-24-34-23-21-32-19-17-30-15-12-27-3/h25,27H,4-24H2,1-3H3,(H,28,29). The van der Waals surface area contributed by atoms with E-state index < -0.39 is 0 Å². The third-order valence-corrected chi connectivity index (χ3v) is 5.33. The van der Waals surface area contributed by atoms with Crippen LogP contribution >= 0.6 is 0 Å². The summed E-state index contributed by atoms with van der Waals surface area (Å²) in [7, 11) is 1.90. The molecule has 1 amide bonds. The summed E-state index contributed by atoms with van der Waals surface area (Å²) in [5, 5.41) is 5.92. The van der Waals surface area contributed by atoms with Crippen LogP contribution in [0.3, 0.4) is 0 Å². The first-order chi connectivity index (χ1) is 17.2. The van der Waals surface area contributed by atoms with Crippen LogP contribution in [0.15, 0.2) is 0 Å². The van der Waals surface area contributed by atoms with Crippen LogP contribution in [0, 0.1) is 0 Å². The zero-order chi connectivity index (χ0) is 25.7. The van der Waals surface area contributed by atoms with Gasteiger partial charge in [-0.3, -0.25) is 4.79 Å². The molecule has 0 aliphatic heterocycles. The molecule has 0 radical (unpaired) electrons. The molecule has 1 atom stereocenters. The molecule has 9 heteroatoms. The monoisotopic (exact) mass is 506 g/mol. The van der Waals surface area contributed by atoms with Crippen molar-refractivity contribution in [2.45, 2.75) is 71.3 Å². The van der Waals surface area contributed by atoms with Gasteiger partial charge in [-0.05, 0) is 33.2 Å². The molecule has 0 rings (SSSR count). The van der Waals surface area contributed by atoms with Crippen LogP contribution in [0.5, 0.6) is 0 Å². The van der Waals surface area contributed by atoms with Gasteiger partial charge >= 0.3 is 0 Å². The van der Waals surface area contributed by atoms with Crippen molar-refractivity contribution < 1.29 is 33.2 Å². The van der Waals surface area contributed by atoms with E-state index in [4.69, 9.17) is 28.4 Å². The first kappa shape index (κ1) is 34.2. The largest absolute Gasteiger partial charge is 0.379 e. The van der Waals surface area contributed by atoms with Crippen LogP contribution < -0.4 is 10.6 Å². The van der Waals surface area contributed by atoms with E-state index in [2.05, 4.69) is 24.5 Å². The lowest BCUT2D eigenvalue weighted by atomic mass is 10.1. The smallest absolute Gasteiger partial charge is 0.220 e. The fraction of sp³-hybridized carbons (Fsp3) is 0.962. The fourth-order valence-electron chi connectivity index (χ4n) is 3.00. The van der Waals surface area contributed by atoms with E-state index in [9.17, 15) is 4.79 Å². The molecular weight excluding hydrogens is 452 g/mol. The zero-order valence-electron chi connectivity index (χ0n) is 22.8. The van der Waals surface area contributed by atoms with Gasteiger partial charge in [-0.15, -0.1) is 0 Å². The van der Waals surface area contributed by atoms with Crippen molar-refractivity contribution in [1.82, 2.24) is 10.6 Å². The van der Waals surface area contributed by atoms with E-state index in [0.717, 1.165) is 38.8 Å². The van der Waals surface area contributed by atoms with Gasteiger partial charge in [0.15, 0.2) is 0 Å². The molecule has 0 aliphatic rings. The summed E-state index contributed by atoms with van der Waals surface area (Å²) >= 11 is 0. The summed E-state index contributed by atoms with van der Waals surface area (Å²) in [6.07, 6.45) is 8.84. The molecule has 9 nitrogen and oxygen atoms in total. The van der Waals surface area contributed by atoms with Gasteiger partial charge in [0.05, 0.1) is 72.2 Å². The maximum Gasteiger partial charge on any atom is 0.220 e. The van der Waals surface area contributed by atoms with Crippen LogP contribution in [-0.4, -0.2) is 105 Å². The van der Waals surface area contributed by atoms with Crippen molar-refractivity contribution in [1.29, 1.82) is 0 Å². The Morgan fingerprint density at radius 3 is 1.60 bits per heavy atom. The first-order valence-electron chi connectivity index (χ1n) is 13.6. The summed E-state index contributed by atoms with van der Waals surface area (Å²) in [6.45, 7) is 12.1. The minimum Gasteiger partial charge on any atom is -0.379 e. The number of carbonyl (C=O) groups excluding carboxylic acids is 1. The quantitative estimate of drug-likeness (QED) is 0.150. The molecule has 0 aromatic heterocycles. The molecule has 0 aromatic carbocycles. The minimum atomic E-state index is 0.106. The summed E-state index contributed by atoms with van der Waals surface area (Å²) < 4.78 is 32.8. The Kier molecular flexibility index (Phi) is 28.7. The lowest BCUT2D eigenvalue weighted by Gasteiger charge is -2.10. The topological polar surface area (TPSA) is 96.5 Å². The van der Waals surface area contributed by atoms with Gasteiger partial charge in [0.1, 0.15) is 0 Å². The Balaban J connectivity index is 3.15. The zero-order valence-corrected chi connectivity index (χ0v) is 22.8. The summed E-state index contributed by atoms with van der Waals surface area (Å²) in [5.74, 6) is 0.106. The van der Waals surface area contributed by atoms with E-state index in [1.807, 2.05) is 7.05 Å². The number of unbranched alkanes of at least 4 members (excludes halogenated alkanes) is 5. The third kappa shape index (κ3) is 29.3. The summed E-state index contributed by atoms with van der Waals surface area (Å²) in [6, 6.07) is 0. The van der Waals surface area contributed by atoms with E-state index in [1.165, 1.54) is 19.3 Å². The van der Waals surface area contributed by atoms with Crippen LogP contribution in [0.2, 0.25) is 0 Å². The maximum atomic E-state index is 11.8. The molecular formula is C26H54N2O7. The highest BCUT2D eigenvalue weighted by atomic mass is 16.6. The van der Waals surface area contributed by atoms with Gasteiger partial charge in [0.25, 0.3) is 0 Å². The molecule has 0 spiro atoms. The maximum absolute atomic E-state index is 11.8. The normalized spacial score (nSPS) is 12.2. The molecule has 0 aromatic rings. The van der Waals surface area contributed by atoms with Crippen LogP contribution in [0.1, 0.15) is 65.2 Å². The SMILES string of the molecule is CCC(C)OCCCCCCCCC(=O)NCCOCCOCCOCCOCCOCCNC. The number of amides is 1. The second-order valence-corrected chi connectivity index (χ2v) is 8.48. The molecule has 210 valence electrons. The Morgan fingerprint density at radius 2 is 1.09 bits per heavy atom. The number of carbonyl (C=O) groups is 1. The molecule has 0 aliphatic carbocycles. The molecule has 0 saturated carbocycles. The lowest BCUT2D eigenvalue weighted by molar-refractivity contribution is -0.121. The van der Waals surface area contributed by atoms with E-state index in [1.54, 1.807) is 0 Å². The third-order valence-electron chi connectivity index (χ3n) is 5.33. The van der Waals surface area contributed by atoms with Gasteiger partial charge in [-0.2, -0.15) is 0 Å². The fourth-order valence-corrected chi connectivity index (χ4v) is 3.00. The average Bonchev–Trinajstić information content (AvgIpc) is 2.86. The lowest BCUT2D eigenvalue weighted by Crippen LogP contribution is -2.27. The number of nitrogens with one attached hydrogen (secondary N) is 2. The van der Waals surface area contributed by atoms with Gasteiger partial charge in [-0.1, -0.05) is 32.6 Å². The Hall–Kier alpha value is -0.810. The van der Waals surface area contributed by atoms with E-state index in [0.29, 0.717) is 85.1 Å². The first-order valence-corrected chi connectivity index (χ1v) is 13.6. The average molecular weight is 507 g/mol. The van der Waals surface area contributed by atoms with Crippen molar-refractivity contribution >= 4 is 5.91 Å². The number of hydrogen-bond donors (Lipinski definition) is 2. The van der Waals surface area contributed by atoms with Crippen molar-refractivity contribution in [2.75, 3.05) is 92.8 Å². The molecule has 0 bridgehead atoms. The van der Waals surface area contributed by atoms with Gasteiger partial charge < -0.3 is 39.1 Å². The Bertz CT molecular complexity index is 431. The van der Waals surface area contributed by atoms with Crippen LogP contribution in [0.4, 0.5) is 0 Å². The Labute approximate surface area is 214 Å². The molecule has 1 unspecified atom stereocenters. The second kappa shape index (κ2) is 29.4. The minimum absolute atomic E-state index is 0.106. The van der Waals surface area contributed by atoms with Crippen molar-refractivity contribution in [3.8, 4) is 0 Å². The Morgan fingerprint density at radius 1 is 0.629 bits per heavy atom. The van der Waals surface area contributed by atoms with Gasteiger partial charge in [0.2, 0.25) is 5.91 Å². The highest BCUT2D eigenvalue weighted by Crippen LogP contribution is 2.08. The number of likely N-dealkylation sites (N-methyl/N-ethyl adjacent to an activating group) is 1. The van der Waals surface area contributed by atoms with E-state index in [-0.39, 0.29) is 5.91 Å². The highest BCUT2D eigenvalue weighted by Gasteiger charge is 2.01. The van der Waals surface area contributed by atoms with Crippen molar-refractivity contribution in [2.24, 2.45) is 0 Å². The molecule has 2 N–H and O–H groups in total. The van der Waals surface area contributed by atoms with Crippen molar-refractivity contribution in [3.05, 3.63) is 0 Å². The molecule has 0 saturated heterocycles. The summed E-state index contributed by atoms with van der Waals surface area (Å²) in [5.41, 5.74) is 0. The molecule has 0 fully saturated rings. The second-order valence-electron chi connectivity index (χ2n) is 8.48. The van der Waals surface area contributed by atoms with Crippen LogP contribution in [0.25, 0.3) is 0 Å². The summed E-state index contributed by atoms with van der Waals surface area (Å²) in [4.78, 5) is 11.8. The van der Waals surface area contributed by atoms with E-state index >= 15 is 0 Å². The van der Waals surface area contributed by atoms with Crippen LogP contribution in [-0.2, 0) is 33.2 Å². The van der Waals surface area contributed by atoms with Crippen molar-refractivity contribution in [3.63, 3.8) is 0 Å². The predicted octanol–water partition coefficient (Wildman–Crippen LogP) is 2.95. The van der Waals surface area contributed by atoms with Gasteiger partial charge in [0, 0.05) is 26.1 Å². The van der Waals surface area contributed by atoms with Gasteiger partial charge in [-0.25, -0.2) is 0 Å². The number of ether oxygens (including phenoxy) is 6. The predicted molar refractivity (Wildman–Crippen MR) is 139 cm³/mol. The number of hydrogen-bond acceptors (Lipinski definition) is 8. The number of rotatable bonds is 29.